The number of hydrogen-bond donors (Lipinski definition) is 0. The summed E-state index contributed by atoms with van der Waals surface area (Å²) in [4.78, 5) is 0. The zero-order chi connectivity index (χ0) is 13.9. The van der Waals surface area contributed by atoms with E-state index in [0.717, 1.165) is 6.42 Å². The fourth-order valence-corrected chi connectivity index (χ4v) is 3.40. The van der Waals surface area contributed by atoms with Crippen LogP contribution in [-0.4, -0.2) is 0 Å². The summed E-state index contributed by atoms with van der Waals surface area (Å²) in [6.45, 7) is 2.16. The molecule has 0 N–H and O–H groups in total. The maximum atomic E-state index is 6.66. The minimum atomic E-state index is 0.0725. The summed E-state index contributed by atoms with van der Waals surface area (Å²) in [7, 11) is 0. The molecule has 0 heterocycles. The van der Waals surface area contributed by atoms with Gasteiger partial charge in [0.15, 0.2) is 0 Å². The van der Waals surface area contributed by atoms with Crippen LogP contribution in [0.1, 0.15) is 46.0 Å². The normalized spacial score (nSPS) is 15.7. The van der Waals surface area contributed by atoms with Gasteiger partial charge < -0.3 is 0 Å². The van der Waals surface area contributed by atoms with Crippen LogP contribution in [0.5, 0.6) is 0 Å². The lowest BCUT2D eigenvalue weighted by atomic mass is 9.89. The summed E-state index contributed by atoms with van der Waals surface area (Å²) < 4.78 is 0. The van der Waals surface area contributed by atoms with Gasteiger partial charge in [-0.3, -0.25) is 0 Å². The van der Waals surface area contributed by atoms with E-state index in [1.165, 1.54) is 53.5 Å². The van der Waals surface area contributed by atoms with Crippen molar-refractivity contribution in [1.29, 1.82) is 0 Å². The molecule has 0 bridgehead atoms. The van der Waals surface area contributed by atoms with Crippen LogP contribution in [0.4, 0.5) is 0 Å². The van der Waals surface area contributed by atoms with Gasteiger partial charge in [0.25, 0.3) is 0 Å². The van der Waals surface area contributed by atoms with Crippen molar-refractivity contribution in [1.82, 2.24) is 0 Å². The van der Waals surface area contributed by atoms with E-state index in [2.05, 4.69) is 49.4 Å². The largest absolute Gasteiger partial charge is 0.117 e. The Labute approximate surface area is 126 Å². The van der Waals surface area contributed by atoms with Gasteiger partial charge in [-0.25, -0.2) is 0 Å². The molecular weight excluding hydrogens is 264 g/mol. The second kappa shape index (κ2) is 6.01. The molecule has 104 valence electrons. The van der Waals surface area contributed by atoms with Crippen molar-refractivity contribution in [3.8, 4) is 0 Å². The zero-order valence-corrected chi connectivity index (χ0v) is 12.8. The quantitative estimate of drug-likeness (QED) is 0.662. The third kappa shape index (κ3) is 2.91. The van der Waals surface area contributed by atoms with Crippen molar-refractivity contribution in [2.45, 2.75) is 44.4 Å². The SMILES string of the molecule is Cc1ccccc1CC(Cl)c1ccc2c(c1)CCCC2. The van der Waals surface area contributed by atoms with Gasteiger partial charge >= 0.3 is 0 Å². The van der Waals surface area contributed by atoms with Crippen LogP contribution >= 0.6 is 11.6 Å². The van der Waals surface area contributed by atoms with Gasteiger partial charge in [0.1, 0.15) is 0 Å². The Morgan fingerprint density at radius 3 is 2.55 bits per heavy atom. The van der Waals surface area contributed by atoms with E-state index < -0.39 is 0 Å². The van der Waals surface area contributed by atoms with Crippen LogP contribution in [0.2, 0.25) is 0 Å². The van der Waals surface area contributed by atoms with Crippen LogP contribution in [0, 0.1) is 6.92 Å². The Kier molecular flexibility index (Phi) is 4.12. The number of rotatable bonds is 3. The van der Waals surface area contributed by atoms with Gasteiger partial charge in [-0.05, 0) is 66.8 Å². The fourth-order valence-electron chi connectivity index (χ4n) is 3.10. The lowest BCUT2D eigenvalue weighted by Gasteiger charge is -2.19. The van der Waals surface area contributed by atoms with Crippen LogP contribution in [-0.2, 0) is 19.3 Å². The van der Waals surface area contributed by atoms with Crippen molar-refractivity contribution in [3.63, 3.8) is 0 Å². The van der Waals surface area contributed by atoms with Crippen molar-refractivity contribution in [3.05, 3.63) is 70.3 Å². The first kappa shape index (κ1) is 13.7. The van der Waals surface area contributed by atoms with Gasteiger partial charge in [-0.15, -0.1) is 11.6 Å². The van der Waals surface area contributed by atoms with E-state index >= 15 is 0 Å². The molecule has 1 aliphatic rings. The number of fused-ring (bicyclic) bond motifs is 1. The molecule has 3 rings (SSSR count). The van der Waals surface area contributed by atoms with Crippen LogP contribution in [0.25, 0.3) is 0 Å². The van der Waals surface area contributed by atoms with Gasteiger partial charge in [0, 0.05) is 0 Å². The second-order valence-corrected chi connectivity index (χ2v) is 6.36. The number of aryl methyl sites for hydroxylation is 3. The first-order valence-electron chi connectivity index (χ1n) is 7.54. The molecule has 0 aromatic heterocycles. The first-order valence-corrected chi connectivity index (χ1v) is 7.98. The molecule has 20 heavy (non-hydrogen) atoms. The number of alkyl halides is 1. The number of halogens is 1. The summed E-state index contributed by atoms with van der Waals surface area (Å²) >= 11 is 6.66. The van der Waals surface area contributed by atoms with Crippen LogP contribution in [0.15, 0.2) is 42.5 Å². The van der Waals surface area contributed by atoms with Crippen LogP contribution in [0.3, 0.4) is 0 Å². The second-order valence-electron chi connectivity index (χ2n) is 5.83. The summed E-state index contributed by atoms with van der Waals surface area (Å²) in [5, 5.41) is 0.0725. The van der Waals surface area contributed by atoms with Crippen molar-refractivity contribution >= 4 is 11.6 Å². The molecule has 0 aliphatic heterocycles. The molecule has 0 nitrogen and oxygen atoms in total. The van der Waals surface area contributed by atoms with E-state index in [1.54, 1.807) is 0 Å². The zero-order valence-electron chi connectivity index (χ0n) is 12.0. The highest BCUT2D eigenvalue weighted by Gasteiger charge is 2.14. The smallest absolute Gasteiger partial charge is 0.0625 e. The molecule has 2 aromatic carbocycles. The third-order valence-electron chi connectivity index (χ3n) is 4.39. The predicted molar refractivity (Wildman–Crippen MR) is 86.6 cm³/mol. The van der Waals surface area contributed by atoms with Gasteiger partial charge in [-0.2, -0.15) is 0 Å². The molecule has 1 unspecified atom stereocenters. The minimum Gasteiger partial charge on any atom is -0.117 e. The lowest BCUT2D eigenvalue weighted by molar-refractivity contribution is 0.683. The number of benzene rings is 2. The number of hydrogen-bond acceptors (Lipinski definition) is 0. The van der Waals surface area contributed by atoms with E-state index in [4.69, 9.17) is 11.6 Å². The maximum absolute atomic E-state index is 6.66. The van der Waals surface area contributed by atoms with Gasteiger partial charge in [-0.1, -0.05) is 42.5 Å². The molecule has 0 amide bonds. The standard InChI is InChI=1S/C19H21Cl/c1-14-6-2-3-8-16(14)13-19(20)18-11-10-15-7-4-5-9-17(15)12-18/h2-3,6,8,10-12,19H,4-5,7,9,13H2,1H3. The monoisotopic (exact) mass is 284 g/mol. The Balaban J connectivity index is 1.80. The average Bonchev–Trinajstić information content (AvgIpc) is 2.49. The molecule has 1 heteroatoms. The van der Waals surface area contributed by atoms with Crippen molar-refractivity contribution in [2.75, 3.05) is 0 Å². The molecule has 0 saturated carbocycles. The topological polar surface area (TPSA) is 0 Å². The Morgan fingerprint density at radius 2 is 1.75 bits per heavy atom. The molecular formula is C19H21Cl. The van der Waals surface area contributed by atoms with Gasteiger partial charge in [0.2, 0.25) is 0 Å². The third-order valence-corrected chi connectivity index (χ3v) is 4.80. The molecule has 1 atom stereocenters. The highest BCUT2D eigenvalue weighted by molar-refractivity contribution is 6.20. The summed E-state index contributed by atoms with van der Waals surface area (Å²) in [6.07, 6.45) is 6.02. The van der Waals surface area contributed by atoms with E-state index in [0.29, 0.717) is 0 Å². The highest BCUT2D eigenvalue weighted by atomic mass is 35.5. The molecule has 0 spiro atoms. The minimum absolute atomic E-state index is 0.0725. The highest BCUT2D eigenvalue weighted by Crippen LogP contribution is 2.30. The van der Waals surface area contributed by atoms with Crippen LogP contribution < -0.4 is 0 Å². The predicted octanol–water partition coefficient (Wildman–Crippen LogP) is 5.40. The van der Waals surface area contributed by atoms with Crippen molar-refractivity contribution < 1.29 is 0 Å². The average molecular weight is 285 g/mol. The molecule has 0 fully saturated rings. The molecule has 0 radical (unpaired) electrons. The van der Waals surface area contributed by atoms with E-state index in [-0.39, 0.29) is 5.38 Å². The van der Waals surface area contributed by atoms with Gasteiger partial charge in [0.05, 0.1) is 5.38 Å². The Hall–Kier alpha value is -1.27. The van der Waals surface area contributed by atoms with E-state index in [1.807, 2.05) is 0 Å². The first-order chi connectivity index (χ1) is 9.74. The lowest BCUT2D eigenvalue weighted by Crippen LogP contribution is -2.05. The summed E-state index contributed by atoms with van der Waals surface area (Å²) in [6, 6.07) is 15.4. The summed E-state index contributed by atoms with van der Waals surface area (Å²) in [5.74, 6) is 0. The Bertz CT molecular complexity index is 600. The van der Waals surface area contributed by atoms with E-state index in [9.17, 15) is 0 Å². The molecule has 2 aromatic rings. The van der Waals surface area contributed by atoms with Crippen molar-refractivity contribution in [2.24, 2.45) is 0 Å². The Morgan fingerprint density at radius 1 is 1.00 bits per heavy atom. The fraction of sp³-hybridized carbons (Fsp3) is 0.368. The molecule has 0 saturated heterocycles. The summed E-state index contributed by atoms with van der Waals surface area (Å²) in [5.41, 5.74) is 7.00. The maximum Gasteiger partial charge on any atom is 0.0625 e. The molecule has 1 aliphatic carbocycles.